The minimum Gasteiger partial charge on any atom is -0.465 e. The third-order valence-electron chi connectivity index (χ3n) is 3.91. The van der Waals surface area contributed by atoms with Gasteiger partial charge >= 0.3 is 0 Å². The van der Waals surface area contributed by atoms with Crippen LogP contribution in [0.5, 0.6) is 0 Å². The van der Waals surface area contributed by atoms with E-state index in [1.54, 1.807) is 29.0 Å². The lowest BCUT2D eigenvalue weighted by Crippen LogP contribution is -2.20. The third kappa shape index (κ3) is 2.51. The van der Waals surface area contributed by atoms with E-state index in [2.05, 4.69) is 4.98 Å². The van der Waals surface area contributed by atoms with Crippen LogP contribution in [0.15, 0.2) is 58.0 Å². The van der Waals surface area contributed by atoms with Crippen LogP contribution in [0.25, 0.3) is 22.6 Å². The summed E-state index contributed by atoms with van der Waals surface area (Å²) in [7, 11) is 0. The van der Waals surface area contributed by atoms with E-state index in [9.17, 15) is 4.79 Å². The SMILES string of the molecule is O=c1c2ccc(Cl)cc2nc2n1CC/C2=C\C=C\c1ccco1. The fourth-order valence-electron chi connectivity index (χ4n) is 2.79. The normalized spacial score (nSPS) is 15.8. The highest BCUT2D eigenvalue weighted by Crippen LogP contribution is 2.26. The van der Waals surface area contributed by atoms with Crippen molar-refractivity contribution in [1.29, 1.82) is 0 Å². The molecule has 1 aliphatic rings. The Morgan fingerprint density at radius 3 is 3.04 bits per heavy atom. The second-order valence-electron chi connectivity index (χ2n) is 5.37. The Morgan fingerprint density at radius 2 is 2.22 bits per heavy atom. The van der Waals surface area contributed by atoms with Crippen LogP contribution in [-0.4, -0.2) is 9.55 Å². The summed E-state index contributed by atoms with van der Waals surface area (Å²) in [6.45, 7) is 0.653. The molecule has 2 aromatic heterocycles. The maximum absolute atomic E-state index is 12.6. The molecule has 1 aliphatic heterocycles. The largest absolute Gasteiger partial charge is 0.465 e. The maximum atomic E-state index is 12.6. The van der Waals surface area contributed by atoms with Crippen molar-refractivity contribution in [1.82, 2.24) is 9.55 Å². The monoisotopic (exact) mass is 324 g/mol. The molecule has 1 aromatic carbocycles. The number of nitrogens with zero attached hydrogens (tertiary/aromatic N) is 2. The minimum atomic E-state index is -0.0138. The molecule has 0 N–H and O–H groups in total. The number of rotatable bonds is 2. The lowest BCUT2D eigenvalue weighted by molar-refractivity contribution is 0.557. The van der Waals surface area contributed by atoms with E-state index in [1.165, 1.54) is 0 Å². The van der Waals surface area contributed by atoms with Gasteiger partial charge in [-0.25, -0.2) is 4.98 Å². The van der Waals surface area contributed by atoms with Crippen molar-refractivity contribution in [3.05, 3.63) is 75.7 Å². The Labute approximate surface area is 137 Å². The maximum Gasteiger partial charge on any atom is 0.261 e. The van der Waals surface area contributed by atoms with Crippen LogP contribution in [0.3, 0.4) is 0 Å². The predicted octanol–water partition coefficient (Wildman–Crippen LogP) is 4.14. The number of hydrogen-bond acceptors (Lipinski definition) is 3. The van der Waals surface area contributed by atoms with E-state index in [0.717, 1.165) is 17.8 Å². The first kappa shape index (κ1) is 14.0. The van der Waals surface area contributed by atoms with Crippen LogP contribution in [0.2, 0.25) is 5.02 Å². The number of hydrogen-bond donors (Lipinski definition) is 0. The predicted molar refractivity (Wildman–Crippen MR) is 91.3 cm³/mol. The van der Waals surface area contributed by atoms with Gasteiger partial charge in [0.25, 0.3) is 5.56 Å². The second-order valence-corrected chi connectivity index (χ2v) is 5.81. The number of furan rings is 1. The van der Waals surface area contributed by atoms with Crippen LogP contribution >= 0.6 is 11.6 Å². The van der Waals surface area contributed by atoms with Gasteiger partial charge in [-0.05, 0) is 48.4 Å². The zero-order valence-electron chi connectivity index (χ0n) is 12.2. The van der Waals surface area contributed by atoms with Crippen molar-refractivity contribution in [3.63, 3.8) is 0 Å². The lowest BCUT2D eigenvalue weighted by Gasteiger charge is -2.05. The molecule has 0 amide bonds. The summed E-state index contributed by atoms with van der Waals surface area (Å²) in [5.41, 5.74) is 1.66. The zero-order valence-corrected chi connectivity index (χ0v) is 13.0. The van der Waals surface area contributed by atoms with Crippen molar-refractivity contribution in [2.24, 2.45) is 0 Å². The standard InChI is InChI=1S/C18H13ClN2O2/c19-13-6-7-15-16(11-13)20-17-12(8-9-21(17)18(15)22)3-1-4-14-5-2-10-23-14/h1-7,10-11H,8-9H2/b4-1+,12-3+. The molecule has 0 fully saturated rings. The van der Waals surface area contributed by atoms with Gasteiger partial charge in [0.2, 0.25) is 0 Å². The van der Waals surface area contributed by atoms with Crippen molar-refractivity contribution in [2.75, 3.05) is 0 Å². The summed E-state index contributed by atoms with van der Waals surface area (Å²) in [6, 6.07) is 8.91. The highest BCUT2D eigenvalue weighted by atomic mass is 35.5. The Morgan fingerprint density at radius 1 is 1.30 bits per heavy atom. The van der Waals surface area contributed by atoms with Crippen molar-refractivity contribution < 1.29 is 4.42 Å². The summed E-state index contributed by atoms with van der Waals surface area (Å²) in [4.78, 5) is 17.2. The molecule has 0 saturated heterocycles. The van der Waals surface area contributed by atoms with E-state index in [0.29, 0.717) is 28.3 Å². The Hall–Kier alpha value is -2.59. The average molecular weight is 325 g/mol. The number of halogens is 1. The number of aromatic nitrogens is 2. The molecule has 0 bridgehead atoms. The Kier molecular flexibility index (Phi) is 3.39. The van der Waals surface area contributed by atoms with Crippen LogP contribution < -0.4 is 5.56 Å². The molecule has 0 atom stereocenters. The van der Waals surface area contributed by atoms with Crippen LogP contribution in [-0.2, 0) is 6.54 Å². The first-order chi connectivity index (χ1) is 11.2. The highest BCUT2D eigenvalue weighted by molar-refractivity contribution is 6.31. The molecule has 0 aliphatic carbocycles. The van der Waals surface area contributed by atoms with E-state index >= 15 is 0 Å². The first-order valence-electron chi connectivity index (χ1n) is 7.33. The van der Waals surface area contributed by atoms with Crippen molar-refractivity contribution >= 4 is 34.2 Å². The number of allylic oxidation sites excluding steroid dienone is 3. The van der Waals surface area contributed by atoms with Gasteiger partial charge in [-0.3, -0.25) is 9.36 Å². The second kappa shape index (κ2) is 5.56. The molecule has 3 aromatic rings. The fourth-order valence-corrected chi connectivity index (χ4v) is 2.96. The first-order valence-corrected chi connectivity index (χ1v) is 7.71. The molecule has 0 spiro atoms. The van der Waals surface area contributed by atoms with Gasteiger partial charge < -0.3 is 4.42 Å². The molecule has 0 radical (unpaired) electrons. The van der Waals surface area contributed by atoms with Gasteiger partial charge in [0, 0.05) is 11.6 Å². The summed E-state index contributed by atoms with van der Waals surface area (Å²) in [5.74, 6) is 1.50. The third-order valence-corrected chi connectivity index (χ3v) is 4.15. The molecule has 23 heavy (non-hydrogen) atoms. The van der Waals surface area contributed by atoms with Gasteiger partial charge in [0.1, 0.15) is 11.6 Å². The summed E-state index contributed by atoms with van der Waals surface area (Å²) < 4.78 is 6.98. The van der Waals surface area contributed by atoms with Crippen molar-refractivity contribution in [2.45, 2.75) is 13.0 Å². The molecule has 114 valence electrons. The summed E-state index contributed by atoms with van der Waals surface area (Å²) in [6.07, 6.45) is 8.19. The van der Waals surface area contributed by atoms with Crippen LogP contribution in [0.4, 0.5) is 0 Å². The molecular weight excluding hydrogens is 312 g/mol. The van der Waals surface area contributed by atoms with Gasteiger partial charge in [0.15, 0.2) is 0 Å². The van der Waals surface area contributed by atoms with Gasteiger partial charge in [-0.2, -0.15) is 0 Å². The van der Waals surface area contributed by atoms with E-state index in [-0.39, 0.29) is 5.56 Å². The number of benzene rings is 1. The molecule has 5 heteroatoms. The number of fused-ring (bicyclic) bond motifs is 2. The summed E-state index contributed by atoms with van der Waals surface area (Å²) in [5, 5.41) is 1.18. The Bertz CT molecular complexity index is 998. The average Bonchev–Trinajstić information content (AvgIpc) is 3.18. The van der Waals surface area contributed by atoms with Crippen LogP contribution in [0.1, 0.15) is 18.0 Å². The van der Waals surface area contributed by atoms with Gasteiger partial charge in [-0.15, -0.1) is 0 Å². The van der Waals surface area contributed by atoms with E-state index < -0.39 is 0 Å². The molecule has 4 nitrogen and oxygen atoms in total. The van der Waals surface area contributed by atoms with Gasteiger partial charge in [0.05, 0.1) is 17.2 Å². The topological polar surface area (TPSA) is 48.0 Å². The fraction of sp³-hybridized carbons (Fsp3) is 0.111. The van der Waals surface area contributed by atoms with Crippen molar-refractivity contribution in [3.8, 4) is 0 Å². The highest BCUT2D eigenvalue weighted by Gasteiger charge is 2.20. The molecule has 4 rings (SSSR count). The van der Waals surface area contributed by atoms with Gasteiger partial charge in [-0.1, -0.05) is 23.8 Å². The van der Waals surface area contributed by atoms with Crippen LogP contribution in [0, 0.1) is 0 Å². The minimum absolute atomic E-state index is 0.0138. The summed E-state index contributed by atoms with van der Waals surface area (Å²) >= 11 is 6.01. The lowest BCUT2D eigenvalue weighted by atomic mass is 10.2. The molecular formula is C18H13ClN2O2. The van der Waals surface area contributed by atoms with E-state index in [4.69, 9.17) is 16.0 Å². The van der Waals surface area contributed by atoms with E-state index in [1.807, 2.05) is 30.4 Å². The Balaban J connectivity index is 1.79. The molecule has 0 unspecified atom stereocenters. The smallest absolute Gasteiger partial charge is 0.261 e. The zero-order chi connectivity index (χ0) is 15.8. The quantitative estimate of drug-likeness (QED) is 0.711. The molecule has 3 heterocycles. The molecule has 0 saturated carbocycles.